The molecule has 132 valence electrons. The SMILES string of the molecule is Cc1cc2c(F)c(Oc3nc(Cl)cc(Nc4ncc(C)s4)n3)ccc2[nH]1. The van der Waals surface area contributed by atoms with Crippen LogP contribution in [0, 0.1) is 19.7 Å². The first-order valence-corrected chi connectivity index (χ1v) is 8.87. The lowest BCUT2D eigenvalue weighted by molar-refractivity contribution is 0.414. The van der Waals surface area contributed by atoms with Crippen LogP contribution in [-0.2, 0) is 0 Å². The van der Waals surface area contributed by atoms with Crippen molar-refractivity contribution in [2.45, 2.75) is 13.8 Å². The molecular formula is C17H13ClFN5OS. The minimum absolute atomic E-state index is 0.0230. The van der Waals surface area contributed by atoms with Gasteiger partial charge < -0.3 is 15.0 Å². The van der Waals surface area contributed by atoms with E-state index in [0.717, 1.165) is 10.6 Å². The van der Waals surface area contributed by atoms with E-state index >= 15 is 0 Å². The summed E-state index contributed by atoms with van der Waals surface area (Å²) < 4.78 is 20.2. The Morgan fingerprint density at radius 1 is 1.23 bits per heavy atom. The van der Waals surface area contributed by atoms with E-state index in [1.807, 2.05) is 13.8 Å². The summed E-state index contributed by atoms with van der Waals surface area (Å²) in [4.78, 5) is 16.6. The molecule has 2 N–H and O–H groups in total. The van der Waals surface area contributed by atoms with Crippen molar-refractivity contribution in [1.29, 1.82) is 0 Å². The molecule has 0 atom stereocenters. The number of benzene rings is 1. The largest absolute Gasteiger partial charge is 0.421 e. The zero-order valence-electron chi connectivity index (χ0n) is 13.8. The number of rotatable bonds is 4. The molecule has 0 fully saturated rings. The van der Waals surface area contributed by atoms with Crippen molar-refractivity contribution in [2.24, 2.45) is 0 Å². The van der Waals surface area contributed by atoms with Crippen molar-refractivity contribution in [2.75, 3.05) is 5.32 Å². The summed E-state index contributed by atoms with van der Waals surface area (Å²) in [7, 11) is 0. The van der Waals surface area contributed by atoms with Gasteiger partial charge in [0.25, 0.3) is 0 Å². The molecule has 0 spiro atoms. The van der Waals surface area contributed by atoms with E-state index < -0.39 is 5.82 Å². The third-order valence-corrected chi connectivity index (χ3v) is 4.59. The van der Waals surface area contributed by atoms with Crippen LogP contribution in [0.1, 0.15) is 10.6 Å². The number of nitrogens with zero attached hydrogens (tertiary/aromatic N) is 3. The molecule has 0 amide bonds. The fourth-order valence-electron chi connectivity index (χ4n) is 2.49. The Hall–Kier alpha value is -2.71. The highest BCUT2D eigenvalue weighted by atomic mass is 35.5. The second-order valence-electron chi connectivity index (χ2n) is 5.65. The first-order chi connectivity index (χ1) is 12.5. The Bertz CT molecular complexity index is 1110. The van der Waals surface area contributed by atoms with Crippen LogP contribution in [0.15, 0.2) is 30.5 Å². The van der Waals surface area contributed by atoms with E-state index in [0.29, 0.717) is 21.9 Å². The van der Waals surface area contributed by atoms with E-state index in [4.69, 9.17) is 16.3 Å². The highest BCUT2D eigenvalue weighted by Crippen LogP contribution is 2.30. The molecule has 4 aromatic rings. The van der Waals surface area contributed by atoms with Crippen LogP contribution in [0.4, 0.5) is 15.3 Å². The number of hydrogen-bond acceptors (Lipinski definition) is 6. The fourth-order valence-corrected chi connectivity index (χ4v) is 3.34. The van der Waals surface area contributed by atoms with Crippen LogP contribution < -0.4 is 10.1 Å². The number of H-pyrrole nitrogens is 1. The van der Waals surface area contributed by atoms with Crippen molar-refractivity contribution >= 4 is 44.8 Å². The van der Waals surface area contributed by atoms with Gasteiger partial charge in [0, 0.05) is 33.7 Å². The van der Waals surface area contributed by atoms with Crippen LogP contribution in [0.3, 0.4) is 0 Å². The van der Waals surface area contributed by atoms with Gasteiger partial charge in [-0.15, -0.1) is 11.3 Å². The van der Waals surface area contributed by atoms with E-state index in [1.54, 1.807) is 24.4 Å². The summed E-state index contributed by atoms with van der Waals surface area (Å²) in [6.07, 6.45) is 1.75. The normalized spacial score (nSPS) is 11.1. The third kappa shape index (κ3) is 3.33. The first kappa shape index (κ1) is 16.7. The maximum atomic E-state index is 14.7. The summed E-state index contributed by atoms with van der Waals surface area (Å²) in [6, 6.07) is 6.46. The molecule has 0 radical (unpaired) electrons. The lowest BCUT2D eigenvalue weighted by Crippen LogP contribution is -1.99. The Morgan fingerprint density at radius 2 is 2.08 bits per heavy atom. The Kier molecular flexibility index (Phi) is 4.21. The van der Waals surface area contributed by atoms with E-state index in [1.165, 1.54) is 17.4 Å². The van der Waals surface area contributed by atoms with Crippen molar-refractivity contribution in [3.05, 3.63) is 52.0 Å². The second-order valence-corrected chi connectivity index (χ2v) is 7.27. The number of nitrogens with one attached hydrogen (secondary N) is 2. The zero-order chi connectivity index (χ0) is 18.3. The lowest BCUT2D eigenvalue weighted by atomic mass is 10.2. The average molecular weight is 390 g/mol. The molecule has 3 aromatic heterocycles. The smallest absolute Gasteiger partial charge is 0.325 e. The molecule has 0 aliphatic heterocycles. The minimum atomic E-state index is -0.486. The van der Waals surface area contributed by atoms with Gasteiger partial charge in [0.15, 0.2) is 16.7 Å². The number of aromatic nitrogens is 4. The molecule has 1 aromatic carbocycles. The fraction of sp³-hybridized carbons (Fsp3) is 0.118. The molecule has 6 nitrogen and oxygen atoms in total. The number of anilines is 2. The molecule has 0 aliphatic carbocycles. The first-order valence-electron chi connectivity index (χ1n) is 7.67. The standard InChI is InChI=1S/C17H13ClFN5OS/c1-8-5-10-11(21-8)3-4-12(15(10)19)25-16-22-13(18)6-14(23-16)24-17-20-7-9(2)26-17/h3-7,21H,1-2H3,(H,20,22,23,24). The van der Waals surface area contributed by atoms with Crippen molar-refractivity contribution in [3.63, 3.8) is 0 Å². The van der Waals surface area contributed by atoms with Crippen molar-refractivity contribution < 1.29 is 9.13 Å². The van der Waals surface area contributed by atoms with Crippen LogP contribution in [0.2, 0.25) is 5.15 Å². The number of hydrogen-bond donors (Lipinski definition) is 2. The Morgan fingerprint density at radius 3 is 2.85 bits per heavy atom. The number of fused-ring (bicyclic) bond motifs is 1. The van der Waals surface area contributed by atoms with Gasteiger partial charge in [-0.05, 0) is 32.0 Å². The molecule has 3 heterocycles. The van der Waals surface area contributed by atoms with E-state index in [-0.39, 0.29) is 16.9 Å². The van der Waals surface area contributed by atoms with Gasteiger partial charge in [-0.2, -0.15) is 9.97 Å². The minimum Gasteiger partial charge on any atom is -0.421 e. The summed E-state index contributed by atoms with van der Waals surface area (Å²) >= 11 is 7.51. The predicted molar refractivity (Wildman–Crippen MR) is 100 cm³/mol. The highest BCUT2D eigenvalue weighted by molar-refractivity contribution is 7.15. The molecule has 0 saturated heterocycles. The molecule has 0 saturated carbocycles. The second kappa shape index (κ2) is 6.54. The molecule has 0 unspecified atom stereocenters. The average Bonchev–Trinajstić information content (AvgIpc) is 3.15. The summed E-state index contributed by atoms with van der Waals surface area (Å²) in [6.45, 7) is 3.81. The molecule has 9 heteroatoms. The van der Waals surface area contributed by atoms with Crippen LogP contribution in [-0.4, -0.2) is 19.9 Å². The molecule has 0 aliphatic rings. The van der Waals surface area contributed by atoms with Gasteiger partial charge in [-0.3, -0.25) is 0 Å². The van der Waals surface area contributed by atoms with Gasteiger partial charge in [0.1, 0.15) is 11.0 Å². The van der Waals surface area contributed by atoms with Gasteiger partial charge >= 0.3 is 6.01 Å². The van der Waals surface area contributed by atoms with Gasteiger partial charge in [-0.25, -0.2) is 9.37 Å². The van der Waals surface area contributed by atoms with E-state index in [2.05, 4.69) is 25.3 Å². The molecular weight excluding hydrogens is 377 g/mol. The highest BCUT2D eigenvalue weighted by Gasteiger charge is 2.14. The van der Waals surface area contributed by atoms with Gasteiger partial charge in [0.05, 0.1) is 0 Å². The number of aromatic amines is 1. The predicted octanol–water partition coefficient (Wildman–Crippen LogP) is 5.36. The van der Waals surface area contributed by atoms with Crippen LogP contribution in [0.5, 0.6) is 11.8 Å². The molecule has 4 rings (SSSR count). The van der Waals surface area contributed by atoms with Crippen molar-refractivity contribution in [1.82, 2.24) is 19.9 Å². The Balaban J connectivity index is 1.64. The Labute approximate surface area is 157 Å². The number of halogens is 2. The number of ether oxygens (including phenoxy) is 1. The molecule has 0 bridgehead atoms. The van der Waals surface area contributed by atoms with Gasteiger partial charge in [-0.1, -0.05) is 11.6 Å². The van der Waals surface area contributed by atoms with Crippen LogP contribution in [0.25, 0.3) is 10.9 Å². The quantitative estimate of drug-likeness (QED) is 0.459. The number of aryl methyl sites for hydroxylation is 2. The lowest BCUT2D eigenvalue weighted by Gasteiger charge is -2.08. The topological polar surface area (TPSA) is 75.7 Å². The summed E-state index contributed by atoms with van der Waals surface area (Å²) in [5.74, 6) is -0.0522. The van der Waals surface area contributed by atoms with Crippen molar-refractivity contribution in [3.8, 4) is 11.8 Å². The maximum Gasteiger partial charge on any atom is 0.325 e. The van der Waals surface area contributed by atoms with Gasteiger partial charge in [0.2, 0.25) is 0 Å². The molecule has 26 heavy (non-hydrogen) atoms. The summed E-state index contributed by atoms with van der Waals surface area (Å²) in [5.41, 5.74) is 1.56. The van der Waals surface area contributed by atoms with Crippen LogP contribution >= 0.6 is 22.9 Å². The zero-order valence-corrected chi connectivity index (χ0v) is 15.4. The monoisotopic (exact) mass is 389 g/mol. The summed E-state index contributed by atoms with van der Waals surface area (Å²) in [5, 5.41) is 4.31. The maximum absolute atomic E-state index is 14.7. The van der Waals surface area contributed by atoms with E-state index in [9.17, 15) is 4.39 Å². The number of thiazole rings is 1. The third-order valence-electron chi connectivity index (χ3n) is 3.57.